The summed E-state index contributed by atoms with van der Waals surface area (Å²) in [7, 11) is 1.74. The molecule has 6 nitrogen and oxygen atoms in total. The maximum atomic E-state index is 12.1. The number of hydrogen-bond acceptors (Lipinski definition) is 5. The van der Waals surface area contributed by atoms with E-state index in [9.17, 15) is 9.59 Å². The van der Waals surface area contributed by atoms with Crippen LogP contribution < -0.4 is 15.0 Å². The standard InChI is InChI=1S/C18H21N3O3S/c1-10(2)7-16(22)20-18-19-13(9-25-18)12-5-6-15-14(8-12)21(4)17(23)11(3)24-15/h5-6,8-11H,7H2,1-4H3,(H,19,20,22)/t11-/m1/s1. The average molecular weight is 359 g/mol. The van der Waals surface area contributed by atoms with Crippen LogP contribution in [0, 0.1) is 5.92 Å². The highest BCUT2D eigenvalue weighted by molar-refractivity contribution is 7.14. The lowest BCUT2D eigenvalue weighted by Gasteiger charge is -2.30. The first-order valence-corrected chi connectivity index (χ1v) is 9.07. The SMILES string of the molecule is CC(C)CC(=O)Nc1nc(-c2ccc3c(c2)N(C)C(=O)[C@@H](C)O3)cs1. The summed E-state index contributed by atoms with van der Waals surface area (Å²) in [6.45, 7) is 5.74. The zero-order valence-electron chi connectivity index (χ0n) is 14.7. The molecule has 0 saturated heterocycles. The summed E-state index contributed by atoms with van der Waals surface area (Å²) in [4.78, 5) is 30.0. The third-order valence-electron chi connectivity index (χ3n) is 3.94. The summed E-state index contributed by atoms with van der Waals surface area (Å²) in [5, 5.41) is 5.29. The molecule has 2 amide bonds. The third-order valence-corrected chi connectivity index (χ3v) is 4.70. The molecule has 7 heteroatoms. The molecule has 25 heavy (non-hydrogen) atoms. The molecule has 1 aliphatic rings. The van der Waals surface area contributed by atoms with Crippen molar-refractivity contribution in [3.8, 4) is 17.0 Å². The number of ether oxygens (including phenoxy) is 1. The van der Waals surface area contributed by atoms with Gasteiger partial charge in [0.25, 0.3) is 5.91 Å². The van der Waals surface area contributed by atoms with Crippen molar-refractivity contribution in [2.75, 3.05) is 17.3 Å². The van der Waals surface area contributed by atoms with Crippen molar-refractivity contribution in [2.24, 2.45) is 5.92 Å². The summed E-state index contributed by atoms with van der Waals surface area (Å²) < 4.78 is 5.63. The van der Waals surface area contributed by atoms with Crippen molar-refractivity contribution >= 4 is 34.0 Å². The van der Waals surface area contributed by atoms with Crippen LogP contribution in [0.3, 0.4) is 0 Å². The van der Waals surface area contributed by atoms with E-state index in [-0.39, 0.29) is 11.8 Å². The predicted octanol–water partition coefficient (Wildman–Crippen LogP) is 3.54. The Bertz CT molecular complexity index is 816. The molecular formula is C18H21N3O3S. The lowest BCUT2D eigenvalue weighted by molar-refractivity contribution is -0.125. The van der Waals surface area contributed by atoms with Gasteiger partial charge in [0.05, 0.1) is 11.4 Å². The van der Waals surface area contributed by atoms with Gasteiger partial charge in [0, 0.05) is 24.4 Å². The molecule has 1 aromatic heterocycles. The summed E-state index contributed by atoms with van der Waals surface area (Å²) >= 11 is 1.38. The van der Waals surface area contributed by atoms with E-state index in [1.54, 1.807) is 18.9 Å². The molecule has 0 unspecified atom stereocenters. The summed E-state index contributed by atoms with van der Waals surface area (Å²) in [5.41, 5.74) is 2.35. The Kier molecular flexibility index (Phi) is 4.76. The molecule has 2 heterocycles. The van der Waals surface area contributed by atoms with Crippen LogP contribution in [-0.2, 0) is 9.59 Å². The van der Waals surface area contributed by atoms with Crippen molar-refractivity contribution in [3.05, 3.63) is 23.6 Å². The number of nitrogens with zero attached hydrogens (tertiary/aromatic N) is 2. The van der Waals surface area contributed by atoms with Crippen molar-refractivity contribution in [1.82, 2.24) is 4.98 Å². The number of carbonyl (C=O) groups excluding carboxylic acids is 2. The molecule has 2 aromatic rings. The van der Waals surface area contributed by atoms with Gasteiger partial charge in [0.1, 0.15) is 5.75 Å². The number of fused-ring (bicyclic) bond motifs is 1. The topological polar surface area (TPSA) is 71.5 Å². The molecular weight excluding hydrogens is 338 g/mol. The fourth-order valence-corrected chi connectivity index (χ4v) is 3.41. The van der Waals surface area contributed by atoms with E-state index in [4.69, 9.17) is 4.74 Å². The van der Waals surface area contributed by atoms with Crippen LogP contribution in [0.2, 0.25) is 0 Å². The van der Waals surface area contributed by atoms with Crippen LogP contribution in [0.15, 0.2) is 23.6 Å². The molecule has 0 aliphatic carbocycles. The number of rotatable bonds is 4. The second kappa shape index (κ2) is 6.84. The minimum atomic E-state index is -0.481. The van der Waals surface area contributed by atoms with Crippen LogP contribution in [0.1, 0.15) is 27.2 Å². The highest BCUT2D eigenvalue weighted by Gasteiger charge is 2.29. The van der Waals surface area contributed by atoms with Crippen LogP contribution in [0.25, 0.3) is 11.3 Å². The van der Waals surface area contributed by atoms with Gasteiger partial charge in [0.15, 0.2) is 11.2 Å². The molecule has 0 bridgehead atoms. The van der Waals surface area contributed by atoms with E-state index in [1.807, 2.05) is 37.4 Å². The molecule has 0 radical (unpaired) electrons. The fraction of sp³-hybridized carbons (Fsp3) is 0.389. The van der Waals surface area contributed by atoms with Crippen LogP contribution in [-0.4, -0.2) is 29.9 Å². The number of amides is 2. The van der Waals surface area contributed by atoms with E-state index in [0.717, 1.165) is 16.9 Å². The van der Waals surface area contributed by atoms with Crippen LogP contribution >= 0.6 is 11.3 Å². The largest absolute Gasteiger partial charge is 0.479 e. The number of likely N-dealkylation sites (N-methyl/N-ethyl adjacent to an activating group) is 1. The Balaban J connectivity index is 1.82. The molecule has 1 N–H and O–H groups in total. The van der Waals surface area contributed by atoms with Crippen molar-refractivity contribution in [1.29, 1.82) is 0 Å². The minimum Gasteiger partial charge on any atom is -0.479 e. The first-order chi connectivity index (χ1) is 11.8. The van der Waals surface area contributed by atoms with E-state index in [0.29, 0.717) is 23.2 Å². The monoisotopic (exact) mass is 359 g/mol. The van der Waals surface area contributed by atoms with Crippen molar-refractivity contribution < 1.29 is 14.3 Å². The van der Waals surface area contributed by atoms with Gasteiger partial charge in [-0.05, 0) is 31.0 Å². The Morgan fingerprint density at radius 2 is 2.20 bits per heavy atom. The Hall–Kier alpha value is -2.41. The van der Waals surface area contributed by atoms with Gasteiger partial charge < -0.3 is 15.0 Å². The van der Waals surface area contributed by atoms with Gasteiger partial charge in [-0.2, -0.15) is 0 Å². The Morgan fingerprint density at radius 3 is 2.92 bits per heavy atom. The van der Waals surface area contributed by atoms with Gasteiger partial charge in [-0.15, -0.1) is 11.3 Å². The number of benzene rings is 1. The molecule has 132 valence electrons. The summed E-state index contributed by atoms with van der Waals surface area (Å²) in [6, 6.07) is 5.64. The molecule has 1 aliphatic heterocycles. The fourth-order valence-electron chi connectivity index (χ4n) is 2.68. The second-order valence-corrected chi connectivity index (χ2v) is 7.38. The summed E-state index contributed by atoms with van der Waals surface area (Å²) in [5.74, 6) is 0.869. The highest BCUT2D eigenvalue weighted by atomic mass is 32.1. The predicted molar refractivity (Wildman–Crippen MR) is 99.1 cm³/mol. The van der Waals surface area contributed by atoms with E-state index < -0.39 is 6.10 Å². The lowest BCUT2D eigenvalue weighted by atomic mass is 10.1. The summed E-state index contributed by atoms with van der Waals surface area (Å²) in [6.07, 6.45) is -0.0127. The minimum absolute atomic E-state index is 0.0333. The second-order valence-electron chi connectivity index (χ2n) is 6.52. The molecule has 0 spiro atoms. The van der Waals surface area contributed by atoms with Gasteiger partial charge in [0.2, 0.25) is 5.91 Å². The third kappa shape index (κ3) is 3.66. The Morgan fingerprint density at radius 1 is 1.44 bits per heavy atom. The maximum Gasteiger partial charge on any atom is 0.267 e. The zero-order valence-corrected chi connectivity index (χ0v) is 15.5. The normalized spacial score (nSPS) is 16.6. The smallest absolute Gasteiger partial charge is 0.267 e. The van der Waals surface area contributed by atoms with E-state index in [1.165, 1.54) is 11.3 Å². The van der Waals surface area contributed by atoms with Crippen molar-refractivity contribution in [3.63, 3.8) is 0 Å². The number of anilines is 2. The van der Waals surface area contributed by atoms with Gasteiger partial charge in [-0.1, -0.05) is 13.8 Å². The first-order valence-electron chi connectivity index (χ1n) is 8.19. The molecule has 1 atom stereocenters. The van der Waals surface area contributed by atoms with Crippen molar-refractivity contribution in [2.45, 2.75) is 33.3 Å². The number of carbonyl (C=O) groups is 2. The van der Waals surface area contributed by atoms with Gasteiger partial charge in [-0.3, -0.25) is 9.59 Å². The lowest BCUT2D eigenvalue weighted by Crippen LogP contribution is -2.41. The number of hydrogen-bond donors (Lipinski definition) is 1. The van der Waals surface area contributed by atoms with E-state index in [2.05, 4.69) is 10.3 Å². The van der Waals surface area contributed by atoms with Gasteiger partial charge >= 0.3 is 0 Å². The molecule has 3 rings (SSSR count). The number of thiazole rings is 1. The van der Waals surface area contributed by atoms with Gasteiger partial charge in [-0.25, -0.2) is 4.98 Å². The van der Waals surface area contributed by atoms with E-state index >= 15 is 0 Å². The quantitative estimate of drug-likeness (QED) is 0.906. The van der Waals surface area contributed by atoms with Crippen LogP contribution in [0.5, 0.6) is 5.75 Å². The molecule has 0 saturated carbocycles. The first kappa shape index (κ1) is 17.4. The molecule has 1 aromatic carbocycles. The average Bonchev–Trinajstić information content (AvgIpc) is 3.00. The highest BCUT2D eigenvalue weighted by Crippen LogP contribution is 2.37. The number of aromatic nitrogens is 1. The number of nitrogens with one attached hydrogen (secondary N) is 1. The Labute approximate surface area is 150 Å². The zero-order chi connectivity index (χ0) is 18.1. The maximum absolute atomic E-state index is 12.1. The molecule has 0 fully saturated rings. The van der Waals surface area contributed by atoms with Crippen LogP contribution in [0.4, 0.5) is 10.8 Å².